The number of anilines is 1. The summed E-state index contributed by atoms with van der Waals surface area (Å²) in [5.41, 5.74) is 2.54. The molecule has 0 amide bonds. The van der Waals surface area contributed by atoms with Gasteiger partial charge in [0.15, 0.2) is 0 Å². The van der Waals surface area contributed by atoms with Crippen molar-refractivity contribution in [3.05, 3.63) is 66.2 Å². The van der Waals surface area contributed by atoms with Gasteiger partial charge in [-0.15, -0.1) is 0 Å². The minimum absolute atomic E-state index is 0.220. The van der Waals surface area contributed by atoms with Gasteiger partial charge >= 0.3 is 0 Å². The number of benzene rings is 2. The van der Waals surface area contributed by atoms with Crippen molar-refractivity contribution >= 4 is 5.69 Å². The van der Waals surface area contributed by atoms with E-state index in [4.69, 9.17) is 4.74 Å². The van der Waals surface area contributed by atoms with Gasteiger partial charge in [-0.3, -0.25) is 4.90 Å². The number of ether oxygens (including phenoxy) is 1. The van der Waals surface area contributed by atoms with Crippen LogP contribution < -0.4 is 5.32 Å². The van der Waals surface area contributed by atoms with E-state index in [1.165, 1.54) is 11.3 Å². The first kappa shape index (κ1) is 15.1. The maximum Gasteiger partial charge on any atom is 0.0899 e. The lowest BCUT2D eigenvalue weighted by molar-refractivity contribution is 0.0194. The van der Waals surface area contributed by atoms with E-state index in [0.717, 1.165) is 26.1 Å². The Morgan fingerprint density at radius 2 is 1.73 bits per heavy atom. The summed E-state index contributed by atoms with van der Waals surface area (Å²) < 4.78 is 5.74. The highest BCUT2D eigenvalue weighted by Gasteiger charge is 2.29. The fourth-order valence-corrected chi connectivity index (χ4v) is 3.12. The molecule has 1 fully saturated rings. The van der Waals surface area contributed by atoms with Crippen LogP contribution in [0.1, 0.15) is 12.0 Å². The second-order valence-corrected chi connectivity index (χ2v) is 5.90. The summed E-state index contributed by atoms with van der Waals surface area (Å²) >= 11 is 0. The molecular formula is C19H24N2O. The standard InChI is InChI=1S/C19H24N2O/c1-22-19-15-21(14-16-8-4-2-5-9-16)13-12-18(19)20-17-10-6-3-7-11-17/h2-11,18-20H,12-15H2,1H3/t18-,19+/m1/s1. The first-order chi connectivity index (χ1) is 10.8. The summed E-state index contributed by atoms with van der Waals surface area (Å²) in [5.74, 6) is 0. The zero-order valence-corrected chi connectivity index (χ0v) is 13.1. The number of piperidine rings is 1. The van der Waals surface area contributed by atoms with Crippen molar-refractivity contribution in [2.24, 2.45) is 0 Å². The average Bonchev–Trinajstić information content (AvgIpc) is 2.58. The van der Waals surface area contributed by atoms with Crippen LogP contribution in [0.5, 0.6) is 0 Å². The van der Waals surface area contributed by atoms with E-state index >= 15 is 0 Å². The lowest BCUT2D eigenvalue weighted by Gasteiger charge is -2.38. The summed E-state index contributed by atoms with van der Waals surface area (Å²) in [7, 11) is 1.82. The number of para-hydroxylation sites is 1. The molecule has 116 valence electrons. The number of methoxy groups -OCH3 is 1. The van der Waals surface area contributed by atoms with Crippen molar-refractivity contribution in [1.29, 1.82) is 0 Å². The number of nitrogens with one attached hydrogen (secondary N) is 1. The summed E-state index contributed by atoms with van der Waals surface area (Å²) in [6.07, 6.45) is 1.32. The third kappa shape index (κ3) is 3.87. The summed E-state index contributed by atoms with van der Waals surface area (Å²) in [6.45, 7) is 3.06. The first-order valence-electron chi connectivity index (χ1n) is 7.96. The zero-order chi connectivity index (χ0) is 15.2. The predicted octanol–water partition coefficient (Wildman–Crippen LogP) is 3.39. The first-order valence-corrected chi connectivity index (χ1v) is 7.96. The van der Waals surface area contributed by atoms with Crippen LogP contribution in [0.2, 0.25) is 0 Å². The zero-order valence-electron chi connectivity index (χ0n) is 13.1. The molecule has 0 aromatic heterocycles. The molecule has 1 aliphatic rings. The fourth-order valence-electron chi connectivity index (χ4n) is 3.12. The fraction of sp³-hybridized carbons (Fsp3) is 0.368. The highest BCUT2D eigenvalue weighted by molar-refractivity contribution is 5.43. The number of hydrogen-bond donors (Lipinski definition) is 1. The quantitative estimate of drug-likeness (QED) is 0.915. The van der Waals surface area contributed by atoms with Gasteiger partial charge in [0, 0.05) is 32.4 Å². The Morgan fingerprint density at radius 3 is 2.41 bits per heavy atom. The number of hydrogen-bond acceptors (Lipinski definition) is 3. The Kier molecular flexibility index (Phi) is 5.09. The van der Waals surface area contributed by atoms with Gasteiger partial charge in [-0.25, -0.2) is 0 Å². The second kappa shape index (κ2) is 7.43. The molecule has 1 N–H and O–H groups in total. The molecular weight excluding hydrogens is 272 g/mol. The van der Waals surface area contributed by atoms with E-state index in [1.807, 2.05) is 13.2 Å². The van der Waals surface area contributed by atoms with Gasteiger partial charge in [0.05, 0.1) is 12.1 Å². The highest BCUT2D eigenvalue weighted by atomic mass is 16.5. The molecule has 0 radical (unpaired) electrons. The molecule has 2 aromatic carbocycles. The van der Waals surface area contributed by atoms with E-state index in [9.17, 15) is 0 Å². The molecule has 1 saturated heterocycles. The van der Waals surface area contributed by atoms with Crippen molar-refractivity contribution in [3.8, 4) is 0 Å². The molecule has 3 nitrogen and oxygen atoms in total. The summed E-state index contributed by atoms with van der Waals surface area (Å²) in [4.78, 5) is 2.48. The predicted molar refractivity (Wildman–Crippen MR) is 91.0 cm³/mol. The van der Waals surface area contributed by atoms with Crippen LogP contribution in [-0.4, -0.2) is 37.2 Å². The van der Waals surface area contributed by atoms with Crippen molar-refractivity contribution in [2.45, 2.75) is 25.1 Å². The molecule has 0 unspecified atom stereocenters. The Hall–Kier alpha value is -1.84. The number of nitrogens with zero attached hydrogens (tertiary/aromatic N) is 1. The lowest BCUT2D eigenvalue weighted by Crippen LogP contribution is -2.50. The minimum Gasteiger partial charge on any atom is -0.380 e. The van der Waals surface area contributed by atoms with Crippen LogP contribution in [0.25, 0.3) is 0 Å². The molecule has 0 aliphatic carbocycles. The van der Waals surface area contributed by atoms with E-state index in [1.54, 1.807) is 0 Å². The molecule has 1 aliphatic heterocycles. The molecule has 3 rings (SSSR count). The Labute approximate surface area is 132 Å². The Bertz CT molecular complexity index is 558. The molecule has 0 spiro atoms. The molecule has 2 atom stereocenters. The van der Waals surface area contributed by atoms with E-state index in [-0.39, 0.29) is 6.10 Å². The van der Waals surface area contributed by atoms with Crippen LogP contribution >= 0.6 is 0 Å². The monoisotopic (exact) mass is 296 g/mol. The van der Waals surface area contributed by atoms with Gasteiger partial charge in [0.1, 0.15) is 0 Å². The normalized spacial score (nSPS) is 22.4. The number of likely N-dealkylation sites (tertiary alicyclic amines) is 1. The smallest absolute Gasteiger partial charge is 0.0899 e. The molecule has 0 saturated carbocycles. The third-order valence-corrected chi connectivity index (χ3v) is 4.32. The molecule has 22 heavy (non-hydrogen) atoms. The Morgan fingerprint density at radius 1 is 1.05 bits per heavy atom. The average molecular weight is 296 g/mol. The topological polar surface area (TPSA) is 24.5 Å². The van der Waals surface area contributed by atoms with Crippen LogP contribution in [0, 0.1) is 0 Å². The van der Waals surface area contributed by atoms with Crippen LogP contribution in [0.15, 0.2) is 60.7 Å². The second-order valence-electron chi connectivity index (χ2n) is 5.90. The number of rotatable bonds is 5. The van der Waals surface area contributed by atoms with Crippen LogP contribution in [-0.2, 0) is 11.3 Å². The SMILES string of the molecule is CO[C@H]1CN(Cc2ccccc2)CC[C@H]1Nc1ccccc1. The highest BCUT2D eigenvalue weighted by Crippen LogP contribution is 2.20. The van der Waals surface area contributed by atoms with Crippen molar-refractivity contribution in [1.82, 2.24) is 4.90 Å². The lowest BCUT2D eigenvalue weighted by atomic mass is 10.0. The van der Waals surface area contributed by atoms with E-state index < -0.39 is 0 Å². The van der Waals surface area contributed by atoms with E-state index in [2.05, 4.69) is 64.8 Å². The van der Waals surface area contributed by atoms with Crippen molar-refractivity contribution in [2.75, 3.05) is 25.5 Å². The van der Waals surface area contributed by atoms with Crippen LogP contribution in [0.3, 0.4) is 0 Å². The third-order valence-electron chi connectivity index (χ3n) is 4.32. The molecule has 3 heteroatoms. The van der Waals surface area contributed by atoms with Gasteiger partial charge < -0.3 is 10.1 Å². The maximum absolute atomic E-state index is 5.74. The van der Waals surface area contributed by atoms with Gasteiger partial charge in [-0.2, -0.15) is 0 Å². The van der Waals surface area contributed by atoms with Gasteiger partial charge in [0.25, 0.3) is 0 Å². The summed E-state index contributed by atoms with van der Waals surface area (Å²) in [5, 5.41) is 3.61. The van der Waals surface area contributed by atoms with E-state index in [0.29, 0.717) is 6.04 Å². The maximum atomic E-state index is 5.74. The van der Waals surface area contributed by atoms with Gasteiger partial charge in [-0.1, -0.05) is 48.5 Å². The largest absolute Gasteiger partial charge is 0.380 e. The van der Waals surface area contributed by atoms with Gasteiger partial charge in [-0.05, 0) is 24.1 Å². The molecule has 1 heterocycles. The van der Waals surface area contributed by atoms with Crippen molar-refractivity contribution < 1.29 is 4.74 Å². The summed E-state index contributed by atoms with van der Waals surface area (Å²) in [6, 6.07) is 21.4. The molecule has 0 bridgehead atoms. The van der Waals surface area contributed by atoms with Crippen molar-refractivity contribution in [3.63, 3.8) is 0 Å². The Balaban J connectivity index is 1.59. The minimum atomic E-state index is 0.220. The van der Waals surface area contributed by atoms with Crippen LogP contribution in [0.4, 0.5) is 5.69 Å². The molecule has 2 aromatic rings. The van der Waals surface area contributed by atoms with Gasteiger partial charge in [0.2, 0.25) is 0 Å².